The lowest BCUT2D eigenvalue weighted by Crippen LogP contribution is -2.35. The van der Waals surface area contributed by atoms with E-state index in [-0.39, 0.29) is 17.8 Å². The van der Waals surface area contributed by atoms with Crippen LogP contribution in [0.25, 0.3) is 0 Å². The summed E-state index contributed by atoms with van der Waals surface area (Å²) >= 11 is 0. The van der Waals surface area contributed by atoms with Gasteiger partial charge < -0.3 is 4.90 Å². The number of aryl methyl sites for hydroxylation is 1. The first-order valence-electron chi connectivity index (χ1n) is 5.22. The van der Waals surface area contributed by atoms with Crippen LogP contribution in [0.1, 0.15) is 43.1 Å². The van der Waals surface area contributed by atoms with Crippen molar-refractivity contribution >= 4 is 5.91 Å². The van der Waals surface area contributed by atoms with Gasteiger partial charge in [0.25, 0.3) is 5.91 Å². The van der Waals surface area contributed by atoms with Crippen molar-refractivity contribution in [2.45, 2.75) is 39.7 Å². The molecule has 1 N–H and O–H groups in total. The highest BCUT2D eigenvalue weighted by Crippen LogP contribution is 2.07. The summed E-state index contributed by atoms with van der Waals surface area (Å²) in [4.78, 5) is 17.6. The van der Waals surface area contributed by atoms with Crippen LogP contribution in [0.2, 0.25) is 0 Å². The van der Waals surface area contributed by atoms with E-state index in [4.69, 9.17) is 0 Å². The predicted octanol–water partition coefficient (Wildman–Crippen LogP) is 1.37. The van der Waals surface area contributed by atoms with Crippen molar-refractivity contribution in [2.75, 3.05) is 7.05 Å². The summed E-state index contributed by atoms with van der Waals surface area (Å²) in [5.41, 5.74) is 0. The van der Waals surface area contributed by atoms with Crippen LogP contribution in [0.4, 0.5) is 0 Å². The van der Waals surface area contributed by atoms with E-state index in [1.807, 2.05) is 6.92 Å². The number of hydrogen-bond acceptors (Lipinski definition) is 3. The maximum absolute atomic E-state index is 11.9. The molecule has 1 rings (SSSR count). The second-order valence-electron chi connectivity index (χ2n) is 3.80. The van der Waals surface area contributed by atoms with Gasteiger partial charge >= 0.3 is 0 Å². The first-order valence-corrected chi connectivity index (χ1v) is 5.22. The molecule has 0 bridgehead atoms. The second-order valence-corrected chi connectivity index (χ2v) is 3.80. The number of hydrogen-bond donors (Lipinski definition) is 1. The number of carbonyl (C=O) groups is 1. The lowest BCUT2D eigenvalue weighted by atomic mass is 10.2. The minimum atomic E-state index is -0.125. The average Bonchev–Trinajstić information content (AvgIpc) is 2.63. The molecule has 0 fully saturated rings. The number of aromatic amines is 1. The van der Waals surface area contributed by atoms with E-state index >= 15 is 0 Å². The molecule has 84 valence electrons. The summed E-state index contributed by atoms with van der Waals surface area (Å²) in [7, 11) is 1.79. The number of H-pyrrole nitrogens is 1. The van der Waals surface area contributed by atoms with Crippen LogP contribution >= 0.6 is 0 Å². The number of nitrogens with one attached hydrogen (secondary N) is 1. The van der Waals surface area contributed by atoms with Crippen molar-refractivity contribution in [1.82, 2.24) is 20.1 Å². The Balaban J connectivity index is 2.68. The highest BCUT2D eigenvalue weighted by atomic mass is 16.2. The zero-order chi connectivity index (χ0) is 11.4. The van der Waals surface area contributed by atoms with Crippen molar-refractivity contribution in [3.05, 3.63) is 11.6 Å². The first-order chi connectivity index (χ1) is 7.06. The van der Waals surface area contributed by atoms with Crippen LogP contribution in [-0.2, 0) is 0 Å². The number of nitrogens with zero attached hydrogens (tertiary/aromatic N) is 3. The van der Waals surface area contributed by atoms with E-state index in [9.17, 15) is 4.79 Å². The molecule has 1 aromatic rings. The molecule has 0 aliphatic heterocycles. The van der Waals surface area contributed by atoms with Gasteiger partial charge in [-0.2, -0.15) is 0 Å². The maximum atomic E-state index is 11.9. The Morgan fingerprint density at radius 1 is 1.60 bits per heavy atom. The third kappa shape index (κ3) is 2.78. The molecule has 0 saturated carbocycles. The summed E-state index contributed by atoms with van der Waals surface area (Å²) < 4.78 is 0. The molecule has 1 aromatic heterocycles. The van der Waals surface area contributed by atoms with Gasteiger partial charge in [0.1, 0.15) is 5.82 Å². The molecule has 1 unspecified atom stereocenters. The average molecular weight is 210 g/mol. The van der Waals surface area contributed by atoms with Crippen LogP contribution in [0.15, 0.2) is 0 Å². The minimum Gasteiger partial charge on any atom is -0.336 e. The van der Waals surface area contributed by atoms with Crippen molar-refractivity contribution in [3.63, 3.8) is 0 Å². The van der Waals surface area contributed by atoms with Crippen LogP contribution in [-0.4, -0.2) is 39.1 Å². The van der Waals surface area contributed by atoms with Gasteiger partial charge in [-0.15, -0.1) is 5.10 Å². The molecule has 0 saturated heterocycles. The largest absolute Gasteiger partial charge is 0.336 e. The Kier molecular flexibility index (Phi) is 3.82. The Morgan fingerprint density at radius 2 is 2.27 bits per heavy atom. The first kappa shape index (κ1) is 11.7. The second kappa shape index (κ2) is 4.91. The van der Waals surface area contributed by atoms with Gasteiger partial charge in [0.05, 0.1) is 0 Å². The van der Waals surface area contributed by atoms with Gasteiger partial charge in [0.15, 0.2) is 0 Å². The molecule has 0 radical (unpaired) electrons. The summed E-state index contributed by atoms with van der Waals surface area (Å²) in [6.07, 6.45) is 2.05. The molecule has 0 aromatic carbocycles. The maximum Gasteiger partial charge on any atom is 0.293 e. The van der Waals surface area contributed by atoms with Crippen molar-refractivity contribution < 1.29 is 4.79 Å². The van der Waals surface area contributed by atoms with Crippen molar-refractivity contribution in [3.8, 4) is 0 Å². The zero-order valence-electron chi connectivity index (χ0n) is 9.74. The quantitative estimate of drug-likeness (QED) is 0.816. The standard InChI is InChI=1S/C10H18N4O/c1-5-6-7(2)14(4)10(15)9-11-8(3)12-13-9/h7H,5-6H2,1-4H3,(H,11,12,13). The highest BCUT2D eigenvalue weighted by molar-refractivity contribution is 5.90. The molecule has 5 nitrogen and oxygen atoms in total. The topological polar surface area (TPSA) is 61.9 Å². The number of aromatic nitrogens is 3. The summed E-state index contributed by atoms with van der Waals surface area (Å²) in [5, 5.41) is 6.52. The molecular formula is C10H18N4O. The Labute approximate surface area is 89.9 Å². The van der Waals surface area contributed by atoms with Crippen molar-refractivity contribution in [2.24, 2.45) is 0 Å². The zero-order valence-corrected chi connectivity index (χ0v) is 9.74. The summed E-state index contributed by atoms with van der Waals surface area (Å²) in [6.45, 7) is 5.91. The number of rotatable bonds is 4. The third-order valence-corrected chi connectivity index (χ3v) is 2.48. The van der Waals surface area contributed by atoms with Gasteiger partial charge in [0, 0.05) is 13.1 Å². The minimum absolute atomic E-state index is 0.125. The molecule has 1 atom stereocenters. The molecule has 1 amide bonds. The van der Waals surface area contributed by atoms with E-state index in [2.05, 4.69) is 22.1 Å². The molecular weight excluding hydrogens is 192 g/mol. The van der Waals surface area contributed by atoms with Gasteiger partial charge in [-0.3, -0.25) is 9.89 Å². The normalized spacial score (nSPS) is 12.5. The van der Waals surface area contributed by atoms with E-state index in [0.717, 1.165) is 12.8 Å². The van der Waals surface area contributed by atoms with Crippen molar-refractivity contribution in [1.29, 1.82) is 0 Å². The molecule has 0 aliphatic rings. The van der Waals surface area contributed by atoms with E-state index in [1.54, 1.807) is 18.9 Å². The van der Waals surface area contributed by atoms with Crippen LogP contribution in [0.5, 0.6) is 0 Å². The number of carbonyl (C=O) groups excluding carboxylic acids is 1. The molecule has 0 spiro atoms. The molecule has 1 heterocycles. The summed E-state index contributed by atoms with van der Waals surface area (Å²) in [6, 6.07) is 0.223. The molecule has 5 heteroatoms. The third-order valence-electron chi connectivity index (χ3n) is 2.48. The Hall–Kier alpha value is -1.39. The van der Waals surface area contributed by atoms with Gasteiger partial charge in [0.2, 0.25) is 5.82 Å². The van der Waals surface area contributed by atoms with Crippen LogP contribution in [0, 0.1) is 6.92 Å². The van der Waals surface area contributed by atoms with Crippen LogP contribution < -0.4 is 0 Å². The summed E-state index contributed by atoms with van der Waals surface area (Å²) in [5.74, 6) is 0.785. The predicted molar refractivity (Wildman–Crippen MR) is 57.6 cm³/mol. The van der Waals surface area contributed by atoms with E-state index < -0.39 is 0 Å². The SMILES string of the molecule is CCCC(C)N(C)C(=O)c1n[nH]c(C)n1. The van der Waals surface area contributed by atoms with Crippen LogP contribution in [0.3, 0.4) is 0 Å². The molecule has 0 aliphatic carbocycles. The Morgan fingerprint density at radius 3 is 2.73 bits per heavy atom. The lowest BCUT2D eigenvalue weighted by Gasteiger charge is -2.23. The lowest BCUT2D eigenvalue weighted by molar-refractivity contribution is 0.0725. The Bertz CT molecular complexity index is 334. The number of amides is 1. The molecule has 15 heavy (non-hydrogen) atoms. The highest BCUT2D eigenvalue weighted by Gasteiger charge is 2.20. The fourth-order valence-corrected chi connectivity index (χ4v) is 1.41. The fourth-order valence-electron chi connectivity index (χ4n) is 1.41. The van der Waals surface area contributed by atoms with E-state index in [1.165, 1.54) is 0 Å². The monoisotopic (exact) mass is 210 g/mol. The smallest absolute Gasteiger partial charge is 0.293 e. The van der Waals surface area contributed by atoms with Gasteiger partial charge in [-0.05, 0) is 20.3 Å². The van der Waals surface area contributed by atoms with Gasteiger partial charge in [-0.25, -0.2) is 4.98 Å². The fraction of sp³-hybridized carbons (Fsp3) is 0.700. The van der Waals surface area contributed by atoms with E-state index in [0.29, 0.717) is 5.82 Å². The van der Waals surface area contributed by atoms with Gasteiger partial charge in [-0.1, -0.05) is 13.3 Å².